The van der Waals surface area contributed by atoms with E-state index >= 15 is 0 Å². The minimum absolute atomic E-state index is 0. The van der Waals surface area contributed by atoms with Crippen LogP contribution in [0.3, 0.4) is 0 Å². The van der Waals surface area contributed by atoms with Gasteiger partial charge in [0.25, 0.3) is 17.7 Å². The van der Waals surface area contributed by atoms with Crippen LogP contribution in [0.4, 0.5) is 0 Å². The van der Waals surface area contributed by atoms with Crippen molar-refractivity contribution in [1.82, 2.24) is 0 Å². The number of hydrogen-bond donors (Lipinski definition) is 0. The summed E-state index contributed by atoms with van der Waals surface area (Å²) in [6.07, 6.45) is 0. The van der Waals surface area contributed by atoms with Gasteiger partial charge < -0.3 is 12.4 Å². The lowest BCUT2D eigenvalue weighted by Crippen LogP contribution is -3.00. The van der Waals surface area contributed by atoms with E-state index in [1.165, 1.54) is 5.67 Å². The average molecular weight is 476 g/mol. The van der Waals surface area contributed by atoms with E-state index in [0.717, 1.165) is 0 Å². The van der Waals surface area contributed by atoms with Gasteiger partial charge in [0.05, 0.1) is 0 Å². The zero-order chi connectivity index (χ0) is 13.9. The third kappa shape index (κ3) is 11.4. The summed E-state index contributed by atoms with van der Waals surface area (Å²) >= 11 is 39.0. The molecule has 0 aromatic carbocycles. The van der Waals surface area contributed by atoms with E-state index < -0.39 is 17.7 Å². The van der Waals surface area contributed by atoms with Gasteiger partial charge in [-0.05, 0) is 79.0 Å². The van der Waals surface area contributed by atoms with Crippen LogP contribution in [0.25, 0.3) is 0 Å². The van der Waals surface area contributed by atoms with Crippen LogP contribution < -0.4 is 12.4 Å². The van der Waals surface area contributed by atoms with E-state index in [0.29, 0.717) is 0 Å². The maximum absolute atomic E-state index is 5.64. The SMILES string of the molecule is C[N+](C)=CCl.ClP1(Cl)=NP(Cl)(Cl)=NP(Cl)(Cl)=N1.[Cl-]. The molecule has 0 bridgehead atoms. The molecule has 15 heteroatoms. The number of hydrogen-bond acceptors (Lipinski definition) is 3. The molecule has 1 rings (SSSR count). The predicted molar refractivity (Wildman–Crippen MR) is 87.2 cm³/mol. The molecule has 0 saturated heterocycles. The molecule has 0 fully saturated rings. The quantitative estimate of drug-likeness (QED) is 0.274. The molecule has 0 atom stereocenters. The van der Waals surface area contributed by atoms with Gasteiger partial charge in [-0.3, -0.25) is 0 Å². The van der Waals surface area contributed by atoms with Gasteiger partial charge in [-0.1, -0.05) is 0 Å². The van der Waals surface area contributed by atoms with Gasteiger partial charge in [-0.2, -0.15) is 13.5 Å². The Morgan fingerprint density at radius 2 is 0.944 bits per heavy atom. The van der Waals surface area contributed by atoms with Crippen molar-refractivity contribution in [1.29, 1.82) is 0 Å². The fourth-order valence-corrected chi connectivity index (χ4v) is 19.3. The molecule has 110 valence electrons. The number of rotatable bonds is 0. The first-order valence-corrected chi connectivity index (χ1v) is 14.5. The van der Waals surface area contributed by atoms with Crippen molar-refractivity contribution < 1.29 is 17.0 Å². The van der Waals surface area contributed by atoms with E-state index in [4.69, 9.17) is 79.0 Å². The maximum Gasteiger partial charge on any atom is 0.257 e. The summed E-state index contributed by atoms with van der Waals surface area (Å²) in [5.74, 6) is -8.72. The monoisotopic (exact) mass is 472 g/mol. The highest BCUT2D eigenvalue weighted by Crippen LogP contribution is 2.87. The van der Waals surface area contributed by atoms with Gasteiger partial charge in [0.15, 0.2) is 0 Å². The highest BCUT2D eigenvalue weighted by Gasteiger charge is 2.30. The summed E-state index contributed by atoms with van der Waals surface area (Å²) in [5.41, 5.74) is 1.47. The van der Waals surface area contributed by atoms with Gasteiger partial charge in [-0.25, -0.2) is 4.58 Å². The van der Waals surface area contributed by atoms with Gasteiger partial charge in [0, 0.05) is 0 Å². The van der Waals surface area contributed by atoms with Crippen LogP contribution in [0.15, 0.2) is 13.5 Å². The molecule has 0 radical (unpaired) electrons. The van der Waals surface area contributed by atoms with Crippen molar-refractivity contribution in [3.63, 3.8) is 0 Å². The summed E-state index contributed by atoms with van der Waals surface area (Å²) < 4.78 is 12.7. The molecule has 0 aromatic heterocycles. The Kier molecular flexibility index (Phi) is 11.4. The molecule has 1 heterocycles. The van der Waals surface area contributed by atoms with Crippen molar-refractivity contribution in [3.8, 4) is 0 Å². The molecule has 18 heavy (non-hydrogen) atoms. The first kappa shape index (κ1) is 23.0. The molecule has 0 saturated carbocycles. The van der Waals surface area contributed by atoms with Gasteiger partial charge >= 0.3 is 0 Å². The minimum atomic E-state index is -2.91. The van der Waals surface area contributed by atoms with Crippen LogP contribution in [-0.2, 0) is 0 Å². The van der Waals surface area contributed by atoms with Gasteiger partial charge in [-0.15, -0.1) is 0 Å². The first-order valence-electron chi connectivity index (χ1n) is 3.59. The number of halogens is 8. The van der Waals surface area contributed by atoms with E-state index in [1.54, 1.807) is 4.58 Å². The van der Waals surface area contributed by atoms with Crippen LogP contribution in [-0.4, -0.2) is 24.3 Å². The summed E-state index contributed by atoms with van der Waals surface area (Å²) in [5, 5.41) is 0. The second kappa shape index (κ2) is 8.96. The predicted octanol–water partition coefficient (Wildman–Crippen LogP) is 4.80. The van der Waals surface area contributed by atoms with Crippen LogP contribution in [0.2, 0.25) is 0 Å². The van der Waals surface area contributed by atoms with E-state index in [2.05, 4.69) is 13.5 Å². The largest absolute Gasteiger partial charge is 1.00 e. The molecule has 1 aliphatic heterocycles. The molecule has 0 unspecified atom stereocenters. The fraction of sp³-hybridized carbons (Fsp3) is 0.667. The van der Waals surface area contributed by atoms with E-state index in [9.17, 15) is 0 Å². The van der Waals surface area contributed by atoms with Crippen LogP contribution in [0, 0.1) is 0 Å². The van der Waals surface area contributed by atoms with Crippen LogP contribution >= 0.6 is 96.8 Å². The smallest absolute Gasteiger partial charge is 0.257 e. The van der Waals surface area contributed by atoms with Crippen LogP contribution in [0.5, 0.6) is 0 Å². The zero-order valence-electron chi connectivity index (χ0n) is 8.73. The van der Waals surface area contributed by atoms with Crippen molar-refractivity contribution >= 4 is 102 Å². The zero-order valence-corrected chi connectivity index (χ0v) is 17.5. The Labute approximate surface area is 146 Å². The topological polar surface area (TPSA) is 40.1 Å². The van der Waals surface area contributed by atoms with Crippen molar-refractivity contribution in [2.24, 2.45) is 13.5 Å². The molecule has 4 nitrogen and oxygen atoms in total. The van der Waals surface area contributed by atoms with Crippen LogP contribution in [0.1, 0.15) is 0 Å². The lowest BCUT2D eigenvalue weighted by molar-refractivity contribution is -0.457. The Bertz CT molecular complexity index is 388. The molecular formula is C3H7Cl8N4P3. The highest BCUT2D eigenvalue weighted by atomic mass is 35.9. The van der Waals surface area contributed by atoms with Gasteiger partial charge in [0.1, 0.15) is 14.1 Å². The Hall–Kier alpha value is 2.68. The lowest BCUT2D eigenvalue weighted by Gasteiger charge is -2.16. The molecule has 1 aliphatic rings. The van der Waals surface area contributed by atoms with E-state index in [1.807, 2.05) is 14.1 Å². The lowest BCUT2D eigenvalue weighted by atomic mass is 11.1. The second-order valence-electron chi connectivity index (χ2n) is 2.70. The summed E-state index contributed by atoms with van der Waals surface area (Å²) in [7, 11) is 3.74. The van der Waals surface area contributed by atoms with E-state index in [-0.39, 0.29) is 12.4 Å². The number of nitrogens with zero attached hydrogens (tertiary/aromatic N) is 4. The average Bonchev–Trinajstić information content (AvgIpc) is 1.95. The Morgan fingerprint density at radius 1 is 0.778 bits per heavy atom. The summed E-state index contributed by atoms with van der Waals surface area (Å²) in [6, 6.07) is 0. The standard InChI is InChI=1S/C3H7ClN.Cl6N3P3.ClH/c1-5(2)3-4;1-10(2)7-11(3,4)9-12(5,6)8-10;/h3H,1-2H3;;1H/q+1;;/p-1. The molecule has 0 N–H and O–H groups in total. The second-order valence-corrected chi connectivity index (χ2v) is 17.8. The van der Waals surface area contributed by atoms with Crippen molar-refractivity contribution in [3.05, 3.63) is 0 Å². The van der Waals surface area contributed by atoms with Crippen molar-refractivity contribution in [2.75, 3.05) is 14.1 Å². The normalized spacial score (nSPS) is 21.6. The molecule has 0 aromatic rings. The maximum atomic E-state index is 5.64. The highest BCUT2D eigenvalue weighted by molar-refractivity contribution is 8.26. The minimum Gasteiger partial charge on any atom is -1.00 e. The Balaban J connectivity index is 0. The third-order valence-corrected chi connectivity index (χ3v) is 13.7. The van der Waals surface area contributed by atoms with Gasteiger partial charge in [0.2, 0.25) is 5.67 Å². The molecule has 0 aliphatic carbocycles. The fourth-order valence-electron chi connectivity index (χ4n) is 0.442. The molecular weight excluding hydrogens is 469 g/mol. The first-order chi connectivity index (χ1) is 7.39. The third-order valence-electron chi connectivity index (χ3n) is 0.841. The Morgan fingerprint density at radius 3 is 1.06 bits per heavy atom. The summed E-state index contributed by atoms with van der Waals surface area (Å²) in [4.78, 5) is 0. The van der Waals surface area contributed by atoms with Crippen molar-refractivity contribution in [2.45, 2.75) is 0 Å². The molecule has 0 spiro atoms. The summed E-state index contributed by atoms with van der Waals surface area (Å²) in [6.45, 7) is 0. The molecule has 0 amide bonds.